The van der Waals surface area contributed by atoms with Gasteiger partial charge in [0.05, 0.1) is 11.8 Å². The van der Waals surface area contributed by atoms with Crippen LogP contribution in [0, 0.1) is 5.82 Å². The Bertz CT molecular complexity index is 872. The minimum atomic E-state index is -0.194. The van der Waals surface area contributed by atoms with Crippen molar-refractivity contribution >= 4 is 10.9 Å². The second kappa shape index (κ2) is 7.56. The van der Waals surface area contributed by atoms with Gasteiger partial charge in [-0.25, -0.2) is 4.39 Å². The number of hydrogen-bond donors (Lipinski definition) is 0. The van der Waals surface area contributed by atoms with Crippen molar-refractivity contribution in [2.45, 2.75) is 32.0 Å². The number of fused-ring (bicyclic) bond motifs is 1. The third-order valence-electron chi connectivity index (χ3n) is 5.03. The van der Waals surface area contributed by atoms with Gasteiger partial charge in [0.2, 0.25) is 0 Å². The van der Waals surface area contributed by atoms with Gasteiger partial charge in [-0.15, -0.1) is 0 Å². The molecule has 1 atom stereocenters. The molecule has 136 valence electrons. The van der Waals surface area contributed by atoms with Crippen LogP contribution in [0.15, 0.2) is 48.8 Å². The molecule has 3 aromatic rings. The molecule has 1 saturated heterocycles. The van der Waals surface area contributed by atoms with E-state index in [1.807, 2.05) is 37.5 Å². The molecule has 0 aliphatic carbocycles. The van der Waals surface area contributed by atoms with Crippen LogP contribution < -0.4 is 0 Å². The van der Waals surface area contributed by atoms with E-state index in [0.29, 0.717) is 0 Å². The van der Waals surface area contributed by atoms with Gasteiger partial charge in [0.15, 0.2) is 0 Å². The first kappa shape index (κ1) is 17.2. The maximum absolute atomic E-state index is 13.8. The van der Waals surface area contributed by atoms with Crippen LogP contribution in [0.5, 0.6) is 0 Å². The van der Waals surface area contributed by atoms with E-state index < -0.39 is 0 Å². The summed E-state index contributed by atoms with van der Waals surface area (Å²) in [5.41, 5.74) is 3.23. The Morgan fingerprint density at radius 2 is 2.19 bits per heavy atom. The Balaban J connectivity index is 1.60. The first-order chi connectivity index (χ1) is 12.7. The SMILES string of the molecule is Cn1cc(CN(Cc2ccccn2)C[C@@H]2CCCO2)c2cc(F)ccc21. The van der Waals surface area contributed by atoms with Gasteiger partial charge < -0.3 is 9.30 Å². The minimum absolute atomic E-state index is 0.194. The molecule has 1 aliphatic heterocycles. The zero-order chi connectivity index (χ0) is 17.9. The van der Waals surface area contributed by atoms with Gasteiger partial charge in [-0.05, 0) is 48.7 Å². The largest absolute Gasteiger partial charge is 0.377 e. The van der Waals surface area contributed by atoms with E-state index in [0.717, 1.165) is 61.2 Å². The number of halogens is 1. The van der Waals surface area contributed by atoms with E-state index in [2.05, 4.69) is 20.6 Å². The summed E-state index contributed by atoms with van der Waals surface area (Å²) in [5.74, 6) is -0.194. The van der Waals surface area contributed by atoms with Crippen molar-refractivity contribution < 1.29 is 9.13 Å². The van der Waals surface area contributed by atoms with Crippen molar-refractivity contribution in [3.8, 4) is 0 Å². The second-order valence-corrected chi connectivity index (χ2v) is 7.05. The third-order valence-corrected chi connectivity index (χ3v) is 5.03. The normalized spacial score (nSPS) is 17.4. The van der Waals surface area contributed by atoms with Crippen LogP contribution in [-0.2, 0) is 24.9 Å². The summed E-state index contributed by atoms with van der Waals surface area (Å²) >= 11 is 0. The zero-order valence-electron chi connectivity index (χ0n) is 15.1. The topological polar surface area (TPSA) is 30.3 Å². The lowest BCUT2D eigenvalue weighted by Gasteiger charge is -2.24. The molecule has 0 spiro atoms. The molecule has 1 aliphatic rings. The molecule has 5 heteroatoms. The molecule has 0 unspecified atom stereocenters. The quantitative estimate of drug-likeness (QED) is 0.673. The predicted octanol–water partition coefficient (Wildman–Crippen LogP) is 3.89. The summed E-state index contributed by atoms with van der Waals surface area (Å²) < 4.78 is 21.7. The molecule has 1 aromatic carbocycles. The van der Waals surface area contributed by atoms with Crippen molar-refractivity contribution in [3.05, 3.63) is 65.9 Å². The van der Waals surface area contributed by atoms with E-state index in [9.17, 15) is 4.39 Å². The molecular formula is C21H24FN3O. The van der Waals surface area contributed by atoms with Crippen LogP contribution >= 0.6 is 0 Å². The molecule has 0 amide bonds. The second-order valence-electron chi connectivity index (χ2n) is 7.05. The highest BCUT2D eigenvalue weighted by Gasteiger charge is 2.21. The average molecular weight is 353 g/mol. The van der Waals surface area contributed by atoms with Crippen LogP contribution in [-0.4, -0.2) is 33.7 Å². The van der Waals surface area contributed by atoms with E-state index in [1.165, 1.54) is 6.07 Å². The van der Waals surface area contributed by atoms with E-state index in [1.54, 1.807) is 6.07 Å². The number of benzene rings is 1. The molecule has 1 fully saturated rings. The fourth-order valence-corrected chi connectivity index (χ4v) is 3.79. The van der Waals surface area contributed by atoms with Gasteiger partial charge >= 0.3 is 0 Å². The van der Waals surface area contributed by atoms with E-state index in [4.69, 9.17) is 4.74 Å². The Labute approximate surface area is 153 Å². The number of pyridine rings is 1. The lowest BCUT2D eigenvalue weighted by atomic mass is 10.1. The predicted molar refractivity (Wildman–Crippen MR) is 100 cm³/mol. The van der Waals surface area contributed by atoms with Gasteiger partial charge in [-0.2, -0.15) is 0 Å². The average Bonchev–Trinajstić information content (AvgIpc) is 3.24. The Morgan fingerprint density at radius 3 is 2.96 bits per heavy atom. The number of aryl methyl sites for hydroxylation is 1. The van der Waals surface area contributed by atoms with Gasteiger partial charge in [0.25, 0.3) is 0 Å². The van der Waals surface area contributed by atoms with Gasteiger partial charge in [0.1, 0.15) is 5.82 Å². The maximum Gasteiger partial charge on any atom is 0.123 e. The maximum atomic E-state index is 13.8. The lowest BCUT2D eigenvalue weighted by Crippen LogP contribution is -2.31. The first-order valence-electron chi connectivity index (χ1n) is 9.16. The zero-order valence-corrected chi connectivity index (χ0v) is 15.1. The molecule has 0 saturated carbocycles. The van der Waals surface area contributed by atoms with Crippen molar-refractivity contribution in [3.63, 3.8) is 0 Å². The van der Waals surface area contributed by atoms with Crippen LogP contribution in [0.1, 0.15) is 24.1 Å². The number of aromatic nitrogens is 2. The number of nitrogens with zero attached hydrogens (tertiary/aromatic N) is 3. The molecule has 0 radical (unpaired) electrons. The van der Waals surface area contributed by atoms with Crippen LogP contribution in [0.2, 0.25) is 0 Å². The third kappa shape index (κ3) is 3.79. The fraction of sp³-hybridized carbons (Fsp3) is 0.381. The Morgan fingerprint density at radius 1 is 1.27 bits per heavy atom. The summed E-state index contributed by atoms with van der Waals surface area (Å²) in [7, 11) is 2.01. The molecule has 3 heterocycles. The Hall–Kier alpha value is -2.24. The summed E-state index contributed by atoms with van der Waals surface area (Å²) in [6, 6.07) is 11.0. The first-order valence-corrected chi connectivity index (χ1v) is 9.16. The van der Waals surface area contributed by atoms with Crippen LogP contribution in [0.25, 0.3) is 10.9 Å². The molecule has 0 bridgehead atoms. The van der Waals surface area contributed by atoms with Crippen LogP contribution in [0.3, 0.4) is 0 Å². The van der Waals surface area contributed by atoms with Gasteiger partial charge in [-0.1, -0.05) is 6.07 Å². The molecule has 4 nitrogen and oxygen atoms in total. The van der Waals surface area contributed by atoms with Gasteiger partial charge in [-0.3, -0.25) is 9.88 Å². The standard InChI is InChI=1S/C21H24FN3O/c1-24-12-16(20-11-17(22)7-8-21(20)24)13-25(15-19-6-4-10-26-19)14-18-5-2-3-9-23-18/h2-3,5,7-9,11-12,19H,4,6,10,13-15H2,1H3/t19-/m0/s1. The monoisotopic (exact) mass is 353 g/mol. The molecule has 26 heavy (non-hydrogen) atoms. The highest BCUT2D eigenvalue weighted by atomic mass is 19.1. The van der Waals surface area contributed by atoms with E-state index in [-0.39, 0.29) is 11.9 Å². The van der Waals surface area contributed by atoms with Crippen molar-refractivity contribution in [2.75, 3.05) is 13.2 Å². The number of ether oxygens (including phenoxy) is 1. The summed E-state index contributed by atoms with van der Waals surface area (Å²) in [4.78, 5) is 6.83. The summed E-state index contributed by atoms with van der Waals surface area (Å²) in [5, 5.41) is 0.978. The van der Waals surface area contributed by atoms with Gasteiger partial charge in [0, 0.05) is 56.6 Å². The Kier molecular flexibility index (Phi) is 5.00. The summed E-state index contributed by atoms with van der Waals surface area (Å²) in [6.45, 7) is 3.22. The number of rotatable bonds is 6. The van der Waals surface area contributed by atoms with Crippen molar-refractivity contribution in [1.82, 2.24) is 14.5 Å². The minimum Gasteiger partial charge on any atom is -0.377 e. The highest BCUT2D eigenvalue weighted by molar-refractivity contribution is 5.84. The molecule has 4 rings (SSSR count). The van der Waals surface area contributed by atoms with Crippen molar-refractivity contribution in [2.24, 2.45) is 7.05 Å². The molecule has 2 aromatic heterocycles. The summed E-state index contributed by atoms with van der Waals surface area (Å²) in [6.07, 6.45) is 6.42. The molecule has 0 N–H and O–H groups in total. The fourth-order valence-electron chi connectivity index (χ4n) is 3.79. The van der Waals surface area contributed by atoms with Crippen molar-refractivity contribution in [1.29, 1.82) is 0 Å². The smallest absolute Gasteiger partial charge is 0.123 e. The van der Waals surface area contributed by atoms with E-state index >= 15 is 0 Å². The molecular weight excluding hydrogens is 329 g/mol. The highest BCUT2D eigenvalue weighted by Crippen LogP contribution is 2.24. The lowest BCUT2D eigenvalue weighted by molar-refractivity contribution is 0.0676. The number of hydrogen-bond acceptors (Lipinski definition) is 3. The van der Waals surface area contributed by atoms with Crippen LogP contribution in [0.4, 0.5) is 4.39 Å².